The van der Waals surface area contributed by atoms with Gasteiger partial charge in [-0.2, -0.15) is 0 Å². The maximum absolute atomic E-state index is 12.8. The first-order valence-electron chi connectivity index (χ1n) is 26.2. The van der Waals surface area contributed by atoms with Gasteiger partial charge in [-0.15, -0.1) is 0 Å². The summed E-state index contributed by atoms with van der Waals surface area (Å²) in [6, 6.07) is 0. The minimum atomic E-state index is -0.815. The van der Waals surface area contributed by atoms with E-state index in [0.717, 1.165) is 103 Å². The maximum atomic E-state index is 12.8. The summed E-state index contributed by atoms with van der Waals surface area (Å²) < 4.78 is 16.7. The van der Waals surface area contributed by atoms with Gasteiger partial charge in [-0.3, -0.25) is 14.4 Å². The van der Waals surface area contributed by atoms with Crippen LogP contribution in [0, 0.1) is 0 Å². The number of carbonyl (C=O) groups excluding carboxylic acids is 3. The number of rotatable bonds is 46. The van der Waals surface area contributed by atoms with Crippen molar-refractivity contribution in [1.29, 1.82) is 0 Å². The molecular formula is C58H96O6. The van der Waals surface area contributed by atoms with Gasteiger partial charge in [-0.1, -0.05) is 208 Å². The molecule has 0 amide bonds. The third kappa shape index (κ3) is 49.3. The van der Waals surface area contributed by atoms with Crippen molar-refractivity contribution in [2.45, 2.75) is 239 Å². The van der Waals surface area contributed by atoms with Crippen LogP contribution < -0.4 is 0 Å². The van der Waals surface area contributed by atoms with Gasteiger partial charge in [0.25, 0.3) is 0 Å². The highest BCUT2D eigenvalue weighted by Crippen LogP contribution is 2.14. The van der Waals surface area contributed by atoms with Gasteiger partial charge >= 0.3 is 17.9 Å². The number of hydrogen-bond donors (Lipinski definition) is 0. The molecule has 0 spiro atoms. The largest absolute Gasteiger partial charge is 0.462 e. The lowest BCUT2D eigenvalue weighted by molar-refractivity contribution is -0.166. The lowest BCUT2D eigenvalue weighted by Gasteiger charge is -2.18. The first-order valence-corrected chi connectivity index (χ1v) is 26.2. The lowest BCUT2D eigenvalue weighted by Crippen LogP contribution is -2.30. The van der Waals surface area contributed by atoms with Gasteiger partial charge < -0.3 is 14.2 Å². The molecule has 0 aliphatic rings. The van der Waals surface area contributed by atoms with Crippen LogP contribution in [-0.4, -0.2) is 37.2 Å². The highest BCUT2D eigenvalue weighted by Gasteiger charge is 2.19. The Kier molecular flexibility index (Phi) is 49.0. The second-order valence-corrected chi connectivity index (χ2v) is 17.0. The second-order valence-electron chi connectivity index (χ2n) is 17.0. The molecule has 64 heavy (non-hydrogen) atoms. The van der Waals surface area contributed by atoms with Gasteiger partial charge in [0.05, 0.1) is 0 Å². The van der Waals surface area contributed by atoms with Crippen LogP contribution in [0.25, 0.3) is 0 Å². The molecule has 0 aromatic rings. The molecule has 1 unspecified atom stereocenters. The van der Waals surface area contributed by atoms with Crippen molar-refractivity contribution in [3.63, 3.8) is 0 Å². The molecule has 0 rings (SSSR count). The summed E-state index contributed by atoms with van der Waals surface area (Å²) in [5.41, 5.74) is 0. The molecule has 0 aliphatic carbocycles. The normalized spacial score (nSPS) is 12.9. The van der Waals surface area contributed by atoms with Crippen molar-refractivity contribution in [1.82, 2.24) is 0 Å². The van der Waals surface area contributed by atoms with Crippen molar-refractivity contribution in [3.8, 4) is 0 Å². The summed E-state index contributed by atoms with van der Waals surface area (Å²) in [5.74, 6) is -1.01. The van der Waals surface area contributed by atoms with E-state index < -0.39 is 6.10 Å². The van der Waals surface area contributed by atoms with E-state index in [0.29, 0.717) is 19.3 Å². The summed E-state index contributed by atoms with van der Waals surface area (Å²) in [5, 5.41) is 0. The first kappa shape index (κ1) is 60.3. The molecule has 0 saturated heterocycles. The van der Waals surface area contributed by atoms with Crippen LogP contribution in [0.1, 0.15) is 233 Å². The molecule has 6 nitrogen and oxygen atoms in total. The molecule has 0 heterocycles. The summed E-state index contributed by atoms with van der Waals surface area (Å²) in [6.45, 7) is 6.33. The zero-order valence-electron chi connectivity index (χ0n) is 41.5. The van der Waals surface area contributed by atoms with E-state index >= 15 is 0 Å². The molecule has 1 atom stereocenters. The van der Waals surface area contributed by atoms with Crippen LogP contribution in [0.15, 0.2) is 97.2 Å². The fourth-order valence-corrected chi connectivity index (χ4v) is 6.93. The van der Waals surface area contributed by atoms with Crippen LogP contribution in [-0.2, 0) is 28.6 Å². The average molecular weight is 889 g/mol. The van der Waals surface area contributed by atoms with E-state index in [-0.39, 0.29) is 37.5 Å². The van der Waals surface area contributed by atoms with Gasteiger partial charge in [-0.25, -0.2) is 0 Å². The monoisotopic (exact) mass is 889 g/mol. The van der Waals surface area contributed by atoms with Crippen molar-refractivity contribution < 1.29 is 28.6 Å². The van der Waals surface area contributed by atoms with Gasteiger partial charge in [0.1, 0.15) is 13.2 Å². The fraction of sp³-hybridized carbons (Fsp3) is 0.672. The Morgan fingerprint density at radius 3 is 1.06 bits per heavy atom. The van der Waals surface area contributed by atoms with Crippen molar-refractivity contribution in [2.24, 2.45) is 0 Å². The van der Waals surface area contributed by atoms with Crippen LogP contribution in [0.3, 0.4) is 0 Å². The Labute approximate surface area is 394 Å². The standard InChI is InChI=1S/C58H96O6/c1-4-7-10-13-16-19-22-25-28-30-33-36-39-42-45-48-51-57(60)63-54-55(53-62-56(59)50-47-44-41-38-35-32-27-24-21-18-15-12-9-6-3)64-58(61)52-49-46-43-40-37-34-31-29-26-23-20-17-14-11-8-5-2/h7,9-10,12,16,18-19,21,25,28-29,31,33,36,42,45,55H,4-6,8,11,13-15,17,20,22-24,26-27,30,32,34-35,37-41,43-44,46-54H2,1-3H3/b10-7-,12-9-,19-16-,21-18-,28-25-,31-29-,36-33-,45-42-. The zero-order valence-corrected chi connectivity index (χ0v) is 41.5. The fourth-order valence-electron chi connectivity index (χ4n) is 6.93. The van der Waals surface area contributed by atoms with E-state index in [1.54, 1.807) is 0 Å². The quantitative estimate of drug-likeness (QED) is 0.0262. The van der Waals surface area contributed by atoms with E-state index in [2.05, 4.69) is 106 Å². The van der Waals surface area contributed by atoms with Gasteiger partial charge in [-0.05, 0) is 103 Å². The van der Waals surface area contributed by atoms with E-state index in [9.17, 15) is 14.4 Å². The van der Waals surface area contributed by atoms with Crippen LogP contribution in [0.4, 0.5) is 0 Å². The number of carbonyl (C=O) groups is 3. The zero-order chi connectivity index (χ0) is 46.5. The molecular weight excluding hydrogens is 793 g/mol. The molecule has 0 aromatic carbocycles. The predicted octanol–water partition coefficient (Wildman–Crippen LogP) is 17.4. The topological polar surface area (TPSA) is 78.9 Å². The molecule has 0 bridgehead atoms. The third-order valence-electron chi connectivity index (χ3n) is 10.8. The van der Waals surface area contributed by atoms with Gasteiger partial charge in [0.2, 0.25) is 0 Å². The summed E-state index contributed by atoms with van der Waals surface area (Å²) in [6.07, 6.45) is 68.3. The highest BCUT2D eigenvalue weighted by molar-refractivity contribution is 5.71. The lowest BCUT2D eigenvalue weighted by atomic mass is 10.1. The van der Waals surface area contributed by atoms with E-state index in [1.807, 2.05) is 12.2 Å². The number of hydrogen-bond acceptors (Lipinski definition) is 6. The van der Waals surface area contributed by atoms with Crippen LogP contribution in [0.5, 0.6) is 0 Å². The Balaban J connectivity index is 4.52. The van der Waals surface area contributed by atoms with E-state index in [1.165, 1.54) is 83.5 Å². The molecule has 0 saturated carbocycles. The van der Waals surface area contributed by atoms with Gasteiger partial charge in [0.15, 0.2) is 6.10 Å². The molecule has 364 valence electrons. The minimum Gasteiger partial charge on any atom is -0.462 e. The molecule has 0 aliphatic heterocycles. The SMILES string of the molecule is CC/C=C\C/C=C\C/C=C\C/C=C\C/C=C\CCC(=O)OCC(COC(=O)CCCCCCCCC/C=C\C/C=C\CC)OC(=O)CCCCCCC/C=C\CCCCCCCCC. The Bertz CT molecular complexity index is 1300. The molecule has 0 fully saturated rings. The van der Waals surface area contributed by atoms with Crippen LogP contribution >= 0.6 is 0 Å². The number of esters is 3. The molecule has 0 aromatic heterocycles. The van der Waals surface area contributed by atoms with Crippen molar-refractivity contribution in [2.75, 3.05) is 13.2 Å². The molecule has 0 N–H and O–H groups in total. The Morgan fingerprint density at radius 1 is 0.328 bits per heavy atom. The predicted molar refractivity (Wildman–Crippen MR) is 274 cm³/mol. The summed E-state index contributed by atoms with van der Waals surface area (Å²) in [4.78, 5) is 38.0. The average Bonchev–Trinajstić information content (AvgIpc) is 3.29. The molecule has 0 radical (unpaired) electrons. The minimum absolute atomic E-state index is 0.109. The highest BCUT2D eigenvalue weighted by atomic mass is 16.6. The first-order chi connectivity index (χ1) is 31.5. The second kappa shape index (κ2) is 52.0. The number of allylic oxidation sites excluding steroid dienone is 16. The maximum Gasteiger partial charge on any atom is 0.306 e. The third-order valence-corrected chi connectivity index (χ3v) is 10.8. The Morgan fingerprint density at radius 2 is 0.641 bits per heavy atom. The van der Waals surface area contributed by atoms with Crippen molar-refractivity contribution in [3.05, 3.63) is 97.2 Å². The number of ether oxygens (including phenoxy) is 3. The smallest absolute Gasteiger partial charge is 0.306 e. The number of unbranched alkanes of at least 4 members (excludes halogenated alkanes) is 19. The van der Waals surface area contributed by atoms with Gasteiger partial charge in [0, 0.05) is 19.3 Å². The molecule has 6 heteroatoms. The van der Waals surface area contributed by atoms with Crippen LogP contribution in [0.2, 0.25) is 0 Å². The summed E-state index contributed by atoms with van der Waals surface area (Å²) in [7, 11) is 0. The summed E-state index contributed by atoms with van der Waals surface area (Å²) >= 11 is 0. The van der Waals surface area contributed by atoms with E-state index in [4.69, 9.17) is 14.2 Å². The van der Waals surface area contributed by atoms with Crippen molar-refractivity contribution >= 4 is 17.9 Å². The Hall–Kier alpha value is -3.67.